The Balaban J connectivity index is 1.90. The number of aromatic hydroxyl groups is 1. The number of carbonyl (C=O) groups is 1. The van der Waals surface area contributed by atoms with Crippen molar-refractivity contribution in [3.63, 3.8) is 0 Å². The molecule has 0 bridgehead atoms. The molecule has 1 aromatic heterocycles. The maximum atomic E-state index is 12.8. The molecule has 2 N–H and O–H groups in total. The average molecular weight is 275 g/mol. The van der Waals surface area contributed by atoms with Gasteiger partial charge in [-0.05, 0) is 25.0 Å². The van der Waals surface area contributed by atoms with E-state index in [9.17, 15) is 9.90 Å². The lowest BCUT2D eigenvalue weighted by atomic mass is 9.79. The van der Waals surface area contributed by atoms with Crippen molar-refractivity contribution in [2.75, 3.05) is 19.6 Å². The average Bonchev–Trinajstić information content (AvgIpc) is 2.48. The number of piperazine rings is 1. The monoisotopic (exact) mass is 275 g/mol. The first-order chi connectivity index (χ1) is 9.73. The van der Waals surface area contributed by atoms with Gasteiger partial charge < -0.3 is 15.3 Å². The Hall–Kier alpha value is -1.62. The smallest absolute Gasteiger partial charge is 0.276 e. The number of amides is 1. The highest BCUT2D eigenvalue weighted by Crippen LogP contribution is 2.35. The summed E-state index contributed by atoms with van der Waals surface area (Å²) in [4.78, 5) is 18.8. The van der Waals surface area contributed by atoms with Crippen molar-refractivity contribution in [2.45, 2.75) is 37.6 Å². The number of rotatable bonds is 1. The normalized spacial score (nSPS) is 21.9. The fraction of sp³-hybridized carbons (Fsp3) is 0.600. The van der Waals surface area contributed by atoms with E-state index in [1.165, 1.54) is 25.3 Å². The third kappa shape index (κ3) is 2.26. The Morgan fingerprint density at radius 1 is 1.35 bits per heavy atom. The second-order valence-electron chi connectivity index (χ2n) is 5.79. The molecule has 1 spiro atoms. The molecule has 1 saturated heterocycles. The van der Waals surface area contributed by atoms with Gasteiger partial charge in [0, 0.05) is 25.8 Å². The van der Waals surface area contributed by atoms with Gasteiger partial charge >= 0.3 is 0 Å². The molecule has 0 radical (unpaired) electrons. The van der Waals surface area contributed by atoms with Crippen molar-refractivity contribution in [2.24, 2.45) is 0 Å². The zero-order valence-electron chi connectivity index (χ0n) is 11.6. The molecule has 0 aromatic carbocycles. The van der Waals surface area contributed by atoms with E-state index in [4.69, 9.17) is 0 Å². The van der Waals surface area contributed by atoms with Crippen molar-refractivity contribution >= 4 is 5.91 Å². The van der Waals surface area contributed by atoms with Crippen LogP contribution in [0.3, 0.4) is 0 Å². The second-order valence-corrected chi connectivity index (χ2v) is 5.79. The van der Waals surface area contributed by atoms with Gasteiger partial charge in [-0.25, -0.2) is 4.98 Å². The van der Waals surface area contributed by atoms with Gasteiger partial charge in [0.25, 0.3) is 5.91 Å². The van der Waals surface area contributed by atoms with E-state index in [-0.39, 0.29) is 22.9 Å². The Labute approximate surface area is 119 Å². The maximum absolute atomic E-state index is 12.8. The van der Waals surface area contributed by atoms with E-state index < -0.39 is 0 Å². The molecule has 2 aliphatic rings. The predicted molar refractivity (Wildman–Crippen MR) is 75.6 cm³/mol. The van der Waals surface area contributed by atoms with E-state index >= 15 is 0 Å². The SMILES string of the molecule is O=C(c1ncccc1O)N1CCNCC12CCCCC2. The highest BCUT2D eigenvalue weighted by molar-refractivity contribution is 5.95. The van der Waals surface area contributed by atoms with Gasteiger partial charge in [-0.2, -0.15) is 0 Å². The van der Waals surface area contributed by atoms with Crippen LogP contribution in [0.4, 0.5) is 0 Å². The number of hydrogen-bond acceptors (Lipinski definition) is 4. The van der Waals surface area contributed by atoms with Gasteiger partial charge in [0.05, 0.1) is 5.54 Å². The molecule has 1 aromatic rings. The largest absolute Gasteiger partial charge is 0.505 e. The first-order valence-corrected chi connectivity index (χ1v) is 7.40. The van der Waals surface area contributed by atoms with Gasteiger partial charge in [-0.1, -0.05) is 19.3 Å². The van der Waals surface area contributed by atoms with Gasteiger partial charge in [0.2, 0.25) is 0 Å². The minimum absolute atomic E-state index is 0.0259. The fourth-order valence-corrected chi connectivity index (χ4v) is 3.51. The third-order valence-corrected chi connectivity index (χ3v) is 4.56. The van der Waals surface area contributed by atoms with Crippen molar-refractivity contribution in [3.8, 4) is 5.75 Å². The predicted octanol–water partition coefficient (Wildman–Crippen LogP) is 1.54. The summed E-state index contributed by atoms with van der Waals surface area (Å²) in [6.45, 7) is 2.35. The van der Waals surface area contributed by atoms with Gasteiger partial charge in [0.1, 0.15) is 5.75 Å². The minimum atomic E-state index is -0.133. The number of aromatic nitrogens is 1. The number of nitrogens with zero attached hydrogens (tertiary/aromatic N) is 2. The summed E-state index contributed by atoms with van der Waals surface area (Å²) >= 11 is 0. The third-order valence-electron chi connectivity index (χ3n) is 4.56. The molecule has 108 valence electrons. The standard InChI is InChI=1S/C15H21N3O2/c19-12-5-4-8-17-13(12)14(20)18-10-9-16-11-15(18)6-2-1-3-7-15/h4-5,8,16,19H,1-3,6-7,9-11H2. The van der Waals surface area contributed by atoms with Gasteiger partial charge in [-0.15, -0.1) is 0 Å². The molecule has 5 heteroatoms. The first kappa shape index (κ1) is 13.4. The molecule has 2 heterocycles. The molecule has 1 amide bonds. The van der Waals surface area contributed by atoms with E-state index in [2.05, 4.69) is 10.3 Å². The fourth-order valence-electron chi connectivity index (χ4n) is 3.51. The van der Waals surface area contributed by atoms with E-state index in [0.717, 1.165) is 25.9 Å². The Kier molecular flexibility index (Phi) is 3.61. The van der Waals surface area contributed by atoms with Crippen molar-refractivity contribution in [1.29, 1.82) is 0 Å². The molecular weight excluding hydrogens is 254 g/mol. The van der Waals surface area contributed by atoms with Crippen LogP contribution in [0, 0.1) is 0 Å². The summed E-state index contributed by atoms with van der Waals surface area (Å²) in [5.41, 5.74) is 0.0942. The highest BCUT2D eigenvalue weighted by atomic mass is 16.3. The molecule has 20 heavy (non-hydrogen) atoms. The van der Waals surface area contributed by atoms with Crippen LogP contribution in [0.1, 0.15) is 42.6 Å². The molecule has 1 aliphatic carbocycles. The van der Waals surface area contributed by atoms with Crippen LogP contribution in [0.15, 0.2) is 18.3 Å². The summed E-state index contributed by atoms with van der Waals surface area (Å²) < 4.78 is 0. The number of nitrogens with one attached hydrogen (secondary N) is 1. The lowest BCUT2D eigenvalue weighted by Crippen LogP contribution is -2.63. The summed E-state index contributed by atoms with van der Waals surface area (Å²) in [7, 11) is 0. The van der Waals surface area contributed by atoms with E-state index in [1.807, 2.05) is 4.90 Å². The summed E-state index contributed by atoms with van der Waals surface area (Å²) in [6, 6.07) is 3.16. The van der Waals surface area contributed by atoms with Crippen LogP contribution >= 0.6 is 0 Å². The molecular formula is C15H21N3O2. The topological polar surface area (TPSA) is 65.5 Å². The molecule has 1 saturated carbocycles. The lowest BCUT2D eigenvalue weighted by molar-refractivity contribution is 0.0215. The quantitative estimate of drug-likeness (QED) is 0.816. The Morgan fingerprint density at radius 2 is 2.15 bits per heavy atom. The summed E-state index contributed by atoms with van der Waals surface area (Å²) in [5.74, 6) is -0.159. The zero-order valence-corrected chi connectivity index (χ0v) is 11.6. The van der Waals surface area contributed by atoms with Crippen LogP contribution in [0.5, 0.6) is 5.75 Å². The lowest BCUT2D eigenvalue weighted by Gasteiger charge is -2.49. The number of carbonyl (C=O) groups excluding carboxylic acids is 1. The number of hydrogen-bond donors (Lipinski definition) is 2. The highest BCUT2D eigenvalue weighted by Gasteiger charge is 2.43. The first-order valence-electron chi connectivity index (χ1n) is 7.40. The van der Waals surface area contributed by atoms with Gasteiger partial charge in [0.15, 0.2) is 5.69 Å². The van der Waals surface area contributed by atoms with Crippen LogP contribution < -0.4 is 5.32 Å². The second kappa shape index (κ2) is 5.40. The van der Waals surface area contributed by atoms with Crippen molar-refractivity contribution < 1.29 is 9.90 Å². The van der Waals surface area contributed by atoms with E-state index in [1.54, 1.807) is 12.3 Å². The summed E-state index contributed by atoms with van der Waals surface area (Å²) in [5, 5.41) is 13.3. The van der Waals surface area contributed by atoms with Crippen molar-refractivity contribution in [1.82, 2.24) is 15.2 Å². The zero-order chi connectivity index (χ0) is 14.0. The molecule has 1 aliphatic heterocycles. The molecule has 5 nitrogen and oxygen atoms in total. The van der Waals surface area contributed by atoms with Crippen LogP contribution in [-0.4, -0.2) is 46.1 Å². The van der Waals surface area contributed by atoms with Gasteiger partial charge in [-0.3, -0.25) is 4.79 Å². The molecule has 2 fully saturated rings. The number of pyridine rings is 1. The van der Waals surface area contributed by atoms with Crippen LogP contribution in [-0.2, 0) is 0 Å². The Morgan fingerprint density at radius 3 is 2.90 bits per heavy atom. The maximum Gasteiger partial charge on any atom is 0.276 e. The molecule has 3 rings (SSSR count). The minimum Gasteiger partial charge on any atom is -0.505 e. The summed E-state index contributed by atoms with van der Waals surface area (Å²) in [6.07, 6.45) is 7.22. The Bertz CT molecular complexity index is 489. The van der Waals surface area contributed by atoms with Crippen molar-refractivity contribution in [3.05, 3.63) is 24.0 Å². The van der Waals surface area contributed by atoms with Crippen LogP contribution in [0.25, 0.3) is 0 Å². The molecule has 0 unspecified atom stereocenters. The van der Waals surface area contributed by atoms with E-state index in [0.29, 0.717) is 6.54 Å². The van der Waals surface area contributed by atoms with Crippen LogP contribution in [0.2, 0.25) is 0 Å². The molecule has 0 atom stereocenters.